The number of carbonyl (C=O) groups is 1. The zero-order chi connectivity index (χ0) is 20.4. The molecule has 0 aliphatic carbocycles. The Morgan fingerprint density at radius 3 is 2.69 bits per heavy atom. The van der Waals surface area contributed by atoms with Crippen LogP contribution in [0.1, 0.15) is 15.2 Å². The van der Waals surface area contributed by atoms with Crippen LogP contribution >= 0.6 is 22.7 Å². The average Bonchev–Trinajstić information content (AvgIpc) is 3.39. The number of nitrogens with one attached hydrogen (secondary N) is 1. The number of hydrogen-bond acceptors (Lipinski definition) is 7. The minimum Gasteiger partial charge on any atom is -0.297 e. The van der Waals surface area contributed by atoms with Crippen molar-refractivity contribution in [3.8, 4) is 21.8 Å². The highest BCUT2D eigenvalue weighted by molar-refractivity contribution is 7.17. The van der Waals surface area contributed by atoms with Crippen molar-refractivity contribution in [1.29, 1.82) is 0 Å². The molecule has 0 bridgehead atoms. The van der Waals surface area contributed by atoms with E-state index in [-0.39, 0.29) is 11.6 Å². The van der Waals surface area contributed by atoms with Gasteiger partial charge in [0.25, 0.3) is 11.6 Å². The Balaban J connectivity index is 1.51. The van der Waals surface area contributed by atoms with Crippen LogP contribution in [0.25, 0.3) is 21.8 Å². The predicted octanol–water partition coefficient (Wildman–Crippen LogP) is 5.40. The lowest BCUT2D eigenvalue weighted by molar-refractivity contribution is -0.385. The first-order valence-corrected chi connectivity index (χ1v) is 10.2. The van der Waals surface area contributed by atoms with Crippen LogP contribution in [-0.2, 0) is 0 Å². The van der Waals surface area contributed by atoms with E-state index in [9.17, 15) is 14.9 Å². The van der Waals surface area contributed by atoms with Gasteiger partial charge < -0.3 is 0 Å². The summed E-state index contributed by atoms with van der Waals surface area (Å²) < 4.78 is 0. The van der Waals surface area contributed by atoms with E-state index in [2.05, 4.69) is 15.3 Å². The largest absolute Gasteiger partial charge is 0.297 e. The maximum atomic E-state index is 12.5. The van der Waals surface area contributed by atoms with E-state index >= 15 is 0 Å². The summed E-state index contributed by atoms with van der Waals surface area (Å²) in [4.78, 5) is 32.4. The highest BCUT2D eigenvalue weighted by Gasteiger charge is 2.16. The number of benzene rings is 2. The molecule has 0 saturated carbocycles. The van der Waals surface area contributed by atoms with E-state index in [1.54, 1.807) is 30.6 Å². The molecular formula is C20H14N4O3S2. The second kappa shape index (κ2) is 7.90. The SMILES string of the molecule is Cc1ccc(-c2csc(NC(=O)c3cnc(-c4ccccc4)s3)n2)cc1[N+](=O)[O-]. The van der Waals surface area contributed by atoms with Crippen molar-refractivity contribution in [2.75, 3.05) is 5.32 Å². The maximum absolute atomic E-state index is 12.5. The summed E-state index contributed by atoms with van der Waals surface area (Å²) in [6, 6.07) is 14.6. The predicted molar refractivity (Wildman–Crippen MR) is 114 cm³/mol. The van der Waals surface area contributed by atoms with E-state index in [1.807, 2.05) is 30.3 Å². The van der Waals surface area contributed by atoms with E-state index in [1.165, 1.54) is 28.7 Å². The summed E-state index contributed by atoms with van der Waals surface area (Å²) in [5, 5.41) is 16.9. The van der Waals surface area contributed by atoms with Crippen molar-refractivity contribution in [2.24, 2.45) is 0 Å². The lowest BCUT2D eigenvalue weighted by atomic mass is 10.1. The number of hydrogen-bond donors (Lipinski definition) is 1. The lowest BCUT2D eigenvalue weighted by Gasteiger charge is -2.01. The Labute approximate surface area is 173 Å². The van der Waals surface area contributed by atoms with Gasteiger partial charge in [-0.1, -0.05) is 42.5 Å². The first kappa shape index (κ1) is 18.9. The molecule has 0 fully saturated rings. The summed E-state index contributed by atoms with van der Waals surface area (Å²) >= 11 is 2.56. The summed E-state index contributed by atoms with van der Waals surface area (Å²) in [5.74, 6) is -0.291. The molecule has 0 spiro atoms. The molecule has 2 heterocycles. The maximum Gasteiger partial charge on any atom is 0.272 e. The Kier molecular flexibility index (Phi) is 5.15. The van der Waals surface area contributed by atoms with Crippen LogP contribution in [0.5, 0.6) is 0 Å². The fourth-order valence-corrected chi connectivity index (χ4v) is 4.21. The van der Waals surface area contributed by atoms with Gasteiger partial charge >= 0.3 is 0 Å². The monoisotopic (exact) mass is 422 g/mol. The molecule has 2 aromatic heterocycles. The van der Waals surface area contributed by atoms with Crippen LogP contribution in [0.3, 0.4) is 0 Å². The minimum atomic E-state index is -0.415. The first-order valence-electron chi connectivity index (χ1n) is 8.55. The van der Waals surface area contributed by atoms with Crippen molar-refractivity contribution in [1.82, 2.24) is 9.97 Å². The van der Waals surface area contributed by atoms with Crippen LogP contribution in [0, 0.1) is 17.0 Å². The first-order chi connectivity index (χ1) is 14.0. The summed E-state index contributed by atoms with van der Waals surface area (Å²) in [6.07, 6.45) is 1.54. The number of anilines is 1. The Bertz CT molecular complexity index is 1200. The molecule has 4 aromatic rings. The van der Waals surface area contributed by atoms with Gasteiger partial charge in [0.2, 0.25) is 0 Å². The number of amides is 1. The average molecular weight is 422 g/mol. The van der Waals surface area contributed by atoms with E-state index < -0.39 is 4.92 Å². The number of aromatic nitrogens is 2. The molecule has 4 rings (SSSR count). The smallest absolute Gasteiger partial charge is 0.272 e. The summed E-state index contributed by atoms with van der Waals surface area (Å²) in [6.45, 7) is 1.69. The molecular weight excluding hydrogens is 408 g/mol. The molecule has 0 atom stereocenters. The number of aryl methyl sites for hydroxylation is 1. The topological polar surface area (TPSA) is 98.0 Å². The molecule has 1 amide bonds. The molecule has 29 heavy (non-hydrogen) atoms. The zero-order valence-corrected chi connectivity index (χ0v) is 16.8. The van der Waals surface area contributed by atoms with Gasteiger partial charge in [0.1, 0.15) is 9.88 Å². The Morgan fingerprint density at radius 1 is 1.14 bits per heavy atom. The van der Waals surface area contributed by atoms with Crippen molar-refractivity contribution in [3.63, 3.8) is 0 Å². The number of nitro groups is 1. The van der Waals surface area contributed by atoms with Crippen LogP contribution < -0.4 is 5.32 Å². The lowest BCUT2D eigenvalue weighted by Crippen LogP contribution is -2.09. The van der Waals surface area contributed by atoms with Crippen molar-refractivity contribution < 1.29 is 9.72 Å². The van der Waals surface area contributed by atoms with Crippen molar-refractivity contribution in [3.05, 3.63) is 80.7 Å². The third kappa shape index (κ3) is 4.05. The van der Waals surface area contributed by atoms with Crippen LogP contribution in [0.15, 0.2) is 60.1 Å². The highest BCUT2D eigenvalue weighted by Crippen LogP contribution is 2.30. The molecule has 0 aliphatic rings. The fourth-order valence-electron chi connectivity index (χ4n) is 2.68. The molecule has 7 nitrogen and oxygen atoms in total. The molecule has 0 aliphatic heterocycles. The van der Waals surface area contributed by atoms with Crippen LogP contribution in [0.2, 0.25) is 0 Å². The van der Waals surface area contributed by atoms with Gasteiger partial charge in [0.05, 0.1) is 16.8 Å². The number of nitro benzene ring substituents is 1. The number of rotatable bonds is 5. The van der Waals surface area contributed by atoms with Crippen LogP contribution in [-0.4, -0.2) is 20.8 Å². The second-order valence-corrected chi connectivity index (χ2v) is 8.03. The van der Waals surface area contributed by atoms with Gasteiger partial charge in [0, 0.05) is 28.1 Å². The van der Waals surface area contributed by atoms with Gasteiger partial charge in [-0.2, -0.15) is 0 Å². The van der Waals surface area contributed by atoms with Gasteiger partial charge in [-0.15, -0.1) is 22.7 Å². The Hall–Kier alpha value is -3.43. The normalized spacial score (nSPS) is 10.7. The van der Waals surface area contributed by atoms with Crippen molar-refractivity contribution in [2.45, 2.75) is 6.92 Å². The molecule has 0 unspecified atom stereocenters. The number of thiazole rings is 2. The minimum absolute atomic E-state index is 0.0409. The van der Waals surface area contributed by atoms with E-state index in [0.717, 1.165) is 10.6 Å². The molecule has 9 heteroatoms. The van der Waals surface area contributed by atoms with E-state index in [4.69, 9.17) is 0 Å². The molecule has 144 valence electrons. The summed E-state index contributed by atoms with van der Waals surface area (Å²) in [7, 11) is 0. The molecule has 1 N–H and O–H groups in total. The number of carbonyl (C=O) groups excluding carboxylic acids is 1. The third-order valence-electron chi connectivity index (χ3n) is 4.18. The standard InChI is InChI=1S/C20H14N4O3S2/c1-12-7-8-14(9-16(12)24(26)27)15-11-28-20(22-15)23-18(25)17-10-21-19(29-17)13-5-3-2-4-6-13/h2-11H,1H3,(H,22,23,25). The molecule has 0 saturated heterocycles. The van der Waals surface area contributed by atoms with Gasteiger partial charge in [-0.05, 0) is 6.92 Å². The van der Waals surface area contributed by atoms with Gasteiger partial charge in [0.15, 0.2) is 5.13 Å². The van der Waals surface area contributed by atoms with Gasteiger partial charge in [-0.3, -0.25) is 20.2 Å². The Morgan fingerprint density at radius 2 is 1.93 bits per heavy atom. The van der Waals surface area contributed by atoms with Crippen molar-refractivity contribution >= 4 is 39.4 Å². The fraction of sp³-hybridized carbons (Fsp3) is 0.0500. The van der Waals surface area contributed by atoms with Gasteiger partial charge in [-0.25, -0.2) is 9.97 Å². The molecule has 0 radical (unpaired) electrons. The zero-order valence-electron chi connectivity index (χ0n) is 15.2. The highest BCUT2D eigenvalue weighted by atomic mass is 32.1. The molecule has 2 aromatic carbocycles. The quantitative estimate of drug-likeness (QED) is 0.343. The van der Waals surface area contributed by atoms with Crippen LogP contribution in [0.4, 0.5) is 10.8 Å². The third-order valence-corrected chi connectivity index (χ3v) is 5.98. The second-order valence-electron chi connectivity index (χ2n) is 6.15. The summed E-state index contributed by atoms with van der Waals surface area (Å²) in [5.41, 5.74) is 2.78. The van der Waals surface area contributed by atoms with E-state index in [0.29, 0.717) is 26.8 Å². The number of nitrogens with zero attached hydrogens (tertiary/aromatic N) is 3.